The highest BCUT2D eigenvalue weighted by atomic mass is 28.4. The molecule has 0 spiro atoms. The molecule has 6 unspecified atom stereocenters. The van der Waals surface area contributed by atoms with Crippen molar-refractivity contribution >= 4 is 51.5 Å². The van der Waals surface area contributed by atoms with Gasteiger partial charge in [-0.15, -0.1) is 0 Å². The van der Waals surface area contributed by atoms with E-state index in [0.717, 1.165) is 121 Å². The van der Waals surface area contributed by atoms with Crippen molar-refractivity contribution < 1.29 is 55.5 Å². The summed E-state index contributed by atoms with van der Waals surface area (Å²) in [6, 6.07) is 6.27. The third-order valence-corrected chi connectivity index (χ3v) is 27.1. The Bertz CT molecular complexity index is 1140. The summed E-state index contributed by atoms with van der Waals surface area (Å²) in [5.41, 5.74) is 0. The van der Waals surface area contributed by atoms with Crippen LogP contribution in [0.2, 0.25) is 62.5 Å². The predicted octanol–water partition coefficient (Wildman–Crippen LogP) is 5.28. The van der Waals surface area contributed by atoms with Crippen LogP contribution in [0.1, 0.15) is 65.2 Å². The summed E-state index contributed by atoms with van der Waals surface area (Å²) in [4.78, 5) is 33.1. The summed E-state index contributed by atoms with van der Waals surface area (Å²) in [6.45, 7) is 21.3. The van der Waals surface area contributed by atoms with Gasteiger partial charge in [-0.05, 0) is 101 Å². The first-order chi connectivity index (χ1) is 26.1. The number of aliphatic hydroxyl groups excluding tert-OH is 1. The third-order valence-electron chi connectivity index (χ3n) is 9.89. The van der Waals surface area contributed by atoms with E-state index in [1.54, 1.807) is 6.92 Å². The number of carbonyl (C=O) groups is 3. The van der Waals surface area contributed by atoms with Gasteiger partial charge in [0.1, 0.15) is 18.8 Å². The maximum Gasteiger partial charge on any atom is 0.330 e. The average molecular weight is 851 g/mol. The lowest BCUT2D eigenvalue weighted by Crippen LogP contribution is -2.51. The minimum absolute atomic E-state index is 0.00642. The number of ether oxygens (including phenoxy) is 4. The predicted molar refractivity (Wildman–Crippen MR) is 222 cm³/mol. The lowest BCUT2D eigenvalue weighted by molar-refractivity contribution is -0.141. The molecule has 18 heteroatoms. The van der Waals surface area contributed by atoms with Gasteiger partial charge in [0.15, 0.2) is 16.6 Å². The lowest BCUT2D eigenvalue weighted by Gasteiger charge is -2.40. The molecule has 3 fully saturated rings. The zero-order valence-corrected chi connectivity index (χ0v) is 38.8. The first-order valence-electron chi connectivity index (χ1n) is 20.5. The molecule has 0 saturated carbocycles. The van der Waals surface area contributed by atoms with E-state index in [0.29, 0.717) is 19.3 Å². The maximum atomic E-state index is 11.1. The van der Waals surface area contributed by atoms with Crippen molar-refractivity contribution in [3.63, 3.8) is 0 Å². The molecule has 0 aromatic heterocycles. The van der Waals surface area contributed by atoms with Crippen molar-refractivity contribution in [1.82, 2.24) is 10.6 Å². The van der Waals surface area contributed by atoms with Crippen molar-refractivity contribution in [3.05, 3.63) is 12.7 Å². The third kappa shape index (κ3) is 24.3. The van der Waals surface area contributed by atoms with Gasteiger partial charge in [0.2, 0.25) is 11.8 Å². The fraction of sp³-hybridized carbons (Fsp3) is 0.865. The van der Waals surface area contributed by atoms with Gasteiger partial charge in [-0.3, -0.25) is 9.59 Å². The van der Waals surface area contributed by atoms with Gasteiger partial charge in [-0.2, -0.15) is 0 Å². The van der Waals surface area contributed by atoms with E-state index < -0.39 is 45.8 Å². The largest absolute Gasteiger partial charge is 0.460 e. The molecule has 55 heavy (non-hydrogen) atoms. The highest BCUT2D eigenvalue weighted by molar-refractivity contribution is 6.84. The number of amides is 2. The molecule has 3 N–H and O–H groups in total. The number of esters is 1. The zero-order chi connectivity index (χ0) is 40.6. The lowest BCUT2D eigenvalue weighted by atomic mass is 10.4. The summed E-state index contributed by atoms with van der Waals surface area (Å²) >= 11 is 0. The number of epoxide rings is 1. The molecule has 3 saturated heterocycles. The molecule has 320 valence electrons. The Kier molecular flexibility index (Phi) is 24.2. The molecule has 0 radical (unpaired) electrons. The molecule has 14 nitrogen and oxygen atoms in total. The Morgan fingerprint density at radius 3 is 1.71 bits per heavy atom. The first-order valence-corrected chi connectivity index (χ1v) is 31.2. The molecule has 3 aliphatic heterocycles. The van der Waals surface area contributed by atoms with Crippen molar-refractivity contribution in [2.75, 3.05) is 65.9 Å². The molecule has 3 heterocycles. The zero-order valence-electron chi connectivity index (χ0n) is 34.8. The summed E-state index contributed by atoms with van der Waals surface area (Å²) in [7, 11) is -8.10. The topological polar surface area (TPSA) is 173 Å². The van der Waals surface area contributed by atoms with Crippen LogP contribution in [0.4, 0.5) is 0 Å². The second kappa shape index (κ2) is 26.6. The molecule has 6 atom stereocenters. The normalized spacial score (nSPS) is 28.8. The van der Waals surface area contributed by atoms with Crippen LogP contribution in [0.15, 0.2) is 12.7 Å². The number of hydrogen-bond donors (Lipinski definition) is 3. The van der Waals surface area contributed by atoms with Gasteiger partial charge in [0.25, 0.3) is 0 Å². The number of rotatable bonds is 23. The molecule has 3 aliphatic rings. The van der Waals surface area contributed by atoms with Crippen LogP contribution in [-0.4, -0.2) is 135 Å². The monoisotopic (exact) mass is 850 g/mol. The van der Waals surface area contributed by atoms with Crippen LogP contribution in [0.5, 0.6) is 0 Å². The van der Waals surface area contributed by atoms with Gasteiger partial charge >= 0.3 is 23.1 Å². The van der Waals surface area contributed by atoms with Crippen LogP contribution in [0.25, 0.3) is 0 Å². The van der Waals surface area contributed by atoms with Crippen LogP contribution >= 0.6 is 0 Å². The quantitative estimate of drug-likeness (QED) is 0.0400. The fourth-order valence-corrected chi connectivity index (χ4v) is 25.5. The number of carbonyl (C=O) groups excluding carboxylic acids is 3. The summed E-state index contributed by atoms with van der Waals surface area (Å²) in [5.74, 6) is -0.507. The molecule has 2 amide bonds. The van der Waals surface area contributed by atoms with Crippen LogP contribution in [0, 0.1) is 0 Å². The van der Waals surface area contributed by atoms with E-state index in [-0.39, 0.29) is 25.0 Å². The second-order valence-corrected chi connectivity index (χ2v) is 31.5. The van der Waals surface area contributed by atoms with E-state index in [9.17, 15) is 19.5 Å². The molecular weight excluding hydrogens is 777 g/mol. The minimum atomic E-state index is -2.30. The van der Waals surface area contributed by atoms with E-state index in [4.69, 9.17) is 36.0 Å². The highest BCUT2D eigenvalue weighted by Gasteiger charge is 2.43. The second-order valence-electron chi connectivity index (χ2n) is 16.0. The van der Waals surface area contributed by atoms with Crippen LogP contribution in [-0.2, 0) is 50.4 Å². The van der Waals surface area contributed by atoms with E-state index in [2.05, 4.69) is 43.4 Å². The molecule has 0 bridgehead atoms. The Labute approximate surface area is 335 Å². The van der Waals surface area contributed by atoms with Gasteiger partial charge < -0.3 is 51.8 Å². The summed E-state index contributed by atoms with van der Waals surface area (Å²) in [6.07, 6.45) is 8.78. The molecule has 0 aliphatic carbocycles. The Morgan fingerprint density at radius 2 is 1.25 bits per heavy atom. The Morgan fingerprint density at radius 1 is 0.764 bits per heavy atom. The van der Waals surface area contributed by atoms with E-state index in [1.165, 1.54) is 19.4 Å². The van der Waals surface area contributed by atoms with Gasteiger partial charge in [0.05, 0.1) is 19.8 Å². The number of aliphatic hydroxyl groups is 1. The van der Waals surface area contributed by atoms with E-state index >= 15 is 0 Å². The molecule has 0 aromatic carbocycles. The minimum Gasteiger partial charge on any atom is -0.460 e. The van der Waals surface area contributed by atoms with Crippen LogP contribution < -0.4 is 10.6 Å². The Balaban J connectivity index is 0.000000386. The number of hydrogen-bond acceptors (Lipinski definition) is 12. The standard InChI is InChI=1S/C20H39NO7Si2.C17H35NO5Si2/c1-5-20(24)26-17-19(23)16-25-11-9-15-30(4)27-12-6-7-13-29(3,28-30)14-8-10-21-18(2)22;1-16(19)18-8-6-12-24(2)11-5-4-10-22-25(3,23-24)13-7-9-20-14-17-15-21-17/h5,19,23H,1,6-17H2,2-4H3,(H,21,22);17H,4-15H2,1-3H3,(H,18,19). The van der Waals surface area contributed by atoms with Crippen LogP contribution in [0.3, 0.4) is 0 Å². The Hall–Kier alpha value is -1.30. The first kappa shape index (κ1) is 49.8. The molecule has 0 aromatic rings. The smallest absolute Gasteiger partial charge is 0.330 e. The van der Waals surface area contributed by atoms with Crippen molar-refractivity contribution in [1.29, 1.82) is 0 Å². The molecule has 3 rings (SSSR count). The van der Waals surface area contributed by atoms with Gasteiger partial charge in [-0.1, -0.05) is 19.4 Å². The van der Waals surface area contributed by atoms with Crippen molar-refractivity contribution in [2.24, 2.45) is 0 Å². The molecular formula is C37H74N2O12Si4. The van der Waals surface area contributed by atoms with Crippen molar-refractivity contribution in [3.8, 4) is 0 Å². The van der Waals surface area contributed by atoms with Gasteiger partial charge in [0, 0.05) is 59.4 Å². The maximum absolute atomic E-state index is 11.1. The fourth-order valence-electron chi connectivity index (χ4n) is 6.91. The highest BCUT2D eigenvalue weighted by Crippen LogP contribution is 2.33. The van der Waals surface area contributed by atoms with E-state index in [1.807, 2.05) is 0 Å². The average Bonchev–Trinajstić information content (AvgIpc) is 3.94. The summed E-state index contributed by atoms with van der Waals surface area (Å²) in [5, 5.41) is 15.5. The SMILES string of the molecule is C=CC(=O)OCC(O)COCCC[Si]1(C)OCCCC[Si](C)(CCCNC(C)=O)O1.CC(=O)NCCC[Si]1(C)CCCCO[Si](C)(CCCOCC2CO2)O1. The van der Waals surface area contributed by atoms with Crippen molar-refractivity contribution in [2.45, 2.75) is 140 Å². The summed E-state index contributed by atoms with van der Waals surface area (Å²) < 4.78 is 47.1. The number of nitrogens with one attached hydrogen (secondary N) is 2. The van der Waals surface area contributed by atoms with Gasteiger partial charge in [-0.25, -0.2) is 4.79 Å².